The molecule has 0 aromatic heterocycles. The SMILES string of the molecule is COc1cc(OC)c([C@@H]2CC(=O)N3CN(c4ccc(F)cc4)CSC3=C2C#N)cc1OC. The zero-order valence-electron chi connectivity index (χ0n) is 17.9. The number of carbonyl (C=O) groups is 1. The molecule has 9 heteroatoms. The number of amides is 1. The number of rotatable bonds is 5. The number of fused-ring (bicyclic) bond motifs is 1. The highest BCUT2D eigenvalue weighted by Crippen LogP contribution is 2.47. The summed E-state index contributed by atoms with van der Waals surface area (Å²) in [4.78, 5) is 16.8. The molecule has 7 nitrogen and oxygen atoms in total. The van der Waals surface area contributed by atoms with Gasteiger partial charge in [-0.25, -0.2) is 4.39 Å². The van der Waals surface area contributed by atoms with Gasteiger partial charge in [-0.1, -0.05) is 11.8 Å². The van der Waals surface area contributed by atoms with Crippen LogP contribution in [0.4, 0.5) is 10.1 Å². The molecule has 2 aliphatic rings. The van der Waals surface area contributed by atoms with Gasteiger partial charge < -0.3 is 19.1 Å². The van der Waals surface area contributed by atoms with E-state index in [1.54, 1.807) is 29.2 Å². The minimum Gasteiger partial charge on any atom is -0.496 e. The van der Waals surface area contributed by atoms with Crippen LogP contribution in [0.1, 0.15) is 17.9 Å². The molecule has 166 valence electrons. The first-order valence-electron chi connectivity index (χ1n) is 9.88. The smallest absolute Gasteiger partial charge is 0.229 e. The third-order valence-corrected chi connectivity index (χ3v) is 6.75. The van der Waals surface area contributed by atoms with Gasteiger partial charge in [-0.3, -0.25) is 9.69 Å². The predicted octanol–water partition coefficient (Wildman–Crippen LogP) is 4.07. The molecule has 0 radical (unpaired) electrons. The Bertz CT molecular complexity index is 1110. The van der Waals surface area contributed by atoms with Gasteiger partial charge in [0.05, 0.1) is 50.5 Å². The predicted molar refractivity (Wildman–Crippen MR) is 119 cm³/mol. The summed E-state index contributed by atoms with van der Waals surface area (Å²) in [6.07, 6.45) is 0.121. The lowest BCUT2D eigenvalue weighted by atomic mass is 9.85. The lowest BCUT2D eigenvalue weighted by Crippen LogP contribution is -2.47. The van der Waals surface area contributed by atoms with E-state index in [2.05, 4.69) is 6.07 Å². The first-order chi connectivity index (χ1) is 15.5. The summed E-state index contributed by atoms with van der Waals surface area (Å²) in [7, 11) is 4.61. The number of allylic oxidation sites excluding steroid dienone is 1. The van der Waals surface area contributed by atoms with Gasteiger partial charge in [-0.05, 0) is 30.3 Å². The molecule has 1 saturated heterocycles. The van der Waals surface area contributed by atoms with Crippen LogP contribution in [0.15, 0.2) is 47.0 Å². The normalized spacial score (nSPS) is 18.2. The highest BCUT2D eigenvalue weighted by Gasteiger charge is 2.39. The van der Waals surface area contributed by atoms with E-state index in [-0.39, 0.29) is 18.1 Å². The van der Waals surface area contributed by atoms with E-state index >= 15 is 0 Å². The highest BCUT2D eigenvalue weighted by molar-refractivity contribution is 8.03. The summed E-state index contributed by atoms with van der Waals surface area (Å²) in [5.74, 6) is 1.19. The minimum absolute atomic E-state index is 0.0971. The zero-order chi connectivity index (χ0) is 22.8. The maximum atomic E-state index is 13.3. The molecule has 4 rings (SSSR count). The zero-order valence-corrected chi connectivity index (χ0v) is 18.7. The van der Waals surface area contributed by atoms with Crippen molar-refractivity contribution in [2.45, 2.75) is 12.3 Å². The molecular weight excluding hydrogens is 433 g/mol. The van der Waals surface area contributed by atoms with E-state index in [1.165, 1.54) is 45.2 Å². The largest absolute Gasteiger partial charge is 0.496 e. The Morgan fingerprint density at radius 1 is 1.06 bits per heavy atom. The molecule has 1 atom stereocenters. The minimum atomic E-state index is -0.460. The number of hydrogen-bond donors (Lipinski definition) is 0. The number of methoxy groups -OCH3 is 3. The van der Waals surface area contributed by atoms with Crippen LogP contribution in [0.3, 0.4) is 0 Å². The molecule has 0 bridgehead atoms. The first kappa shape index (κ1) is 21.8. The third kappa shape index (κ3) is 3.82. The molecule has 2 aliphatic heterocycles. The Balaban J connectivity index is 1.72. The standard InChI is InChI=1S/C23H22FN3O4S/c1-29-19-10-21(31-3)20(30-2)8-17(19)16-9-22(28)27-12-26(13-32-23(27)18(16)11-25)15-6-4-14(24)5-7-15/h4-8,10,16H,9,12-13H2,1-3H3/t16-/m0/s1. The number of nitriles is 1. The fourth-order valence-corrected chi connectivity index (χ4v) is 5.14. The highest BCUT2D eigenvalue weighted by atomic mass is 32.2. The van der Waals surface area contributed by atoms with Crippen LogP contribution in [0, 0.1) is 17.1 Å². The van der Waals surface area contributed by atoms with E-state index in [1.807, 2.05) is 4.90 Å². The fraction of sp³-hybridized carbons (Fsp3) is 0.304. The molecule has 0 aliphatic carbocycles. The molecule has 1 amide bonds. The van der Waals surface area contributed by atoms with E-state index in [9.17, 15) is 14.4 Å². The fourth-order valence-electron chi connectivity index (χ4n) is 3.97. The van der Waals surface area contributed by atoms with Crippen molar-refractivity contribution in [1.29, 1.82) is 5.26 Å². The Morgan fingerprint density at radius 3 is 2.34 bits per heavy atom. The van der Waals surface area contributed by atoms with Gasteiger partial charge in [-0.2, -0.15) is 5.26 Å². The average molecular weight is 456 g/mol. The molecule has 0 spiro atoms. The molecule has 2 aromatic rings. The second-order valence-electron chi connectivity index (χ2n) is 7.29. The first-order valence-corrected chi connectivity index (χ1v) is 10.9. The number of thioether (sulfide) groups is 1. The van der Waals surface area contributed by atoms with Gasteiger partial charge in [0.1, 0.15) is 11.6 Å². The van der Waals surface area contributed by atoms with Gasteiger partial charge in [0.15, 0.2) is 11.5 Å². The average Bonchev–Trinajstić information content (AvgIpc) is 2.83. The Morgan fingerprint density at radius 2 is 1.72 bits per heavy atom. The van der Waals surface area contributed by atoms with E-state index < -0.39 is 5.92 Å². The van der Waals surface area contributed by atoms with Crippen LogP contribution in [-0.4, -0.2) is 44.7 Å². The summed E-state index contributed by atoms with van der Waals surface area (Å²) in [6, 6.07) is 11.9. The van der Waals surface area contributed by atoms with Crippen LogP contribution in [0.25, 0.3) is 0 Å². The number of carbonyl (C=O) groups excluding carboxylic acids is 1. The summed E-state index contributed by atoms with van der Waals surface area (Å²) in [5, 5.41) is 10.7. The van der Waals surface area contributed by atoms with Crippen molar-refractivity contribution < 1.29 is 23.4 Å². The number of nitrogens with zero attached hydrogens (tertiary/aromatic N) is 3. The van der Waals surface area contributed by atoms with Crippen molar-refractivity contribution >= 4 is 23.4 Å². The van der Waals surface area contributed by atoms with Crippen LogP contribution in [0.5, 0.6) is 17.2 Å². The van der Waals surface area contributed by atoms with E-state index in [0.717, 1.165) is 5.69 Å². The van der Waals surface area contributed by atoms with Gasteiger partial charge in [0, 0.05) is 29.7 Å². The monoisotopic (exact) mass is 455 g/mol. The van der Waals surface area contributed by atoms with Crippen LogP contribution in [-0.2, 0) is 4.79 Å². The van der Waals surface area contributed by atoms with Crippen molar-refractivity contribution in [2.75, 3.05) is 38.8 Å². The van der Waals surface area contributed by atoms with E-state index in [0.29, 0.717) is 46.0 Å². The van der Waals surface area contributed by atoms with Crippen molar-refractivity contribution in [2.24, 2.45) is 0 Å². The maximum absolute atomic E-state index is 13.3. The summed E-state index contributed by atoms with van der Waals surface area (Å²) in [5.41, 5.74) is 2.02. The Labute approximate surface area is 190 Å². The quantitative estimate of drug-likeness (QED) is 0.673. The van der Waals surface area contributed by atoms with Crippen molar-refractivity contribution in [3.63, 3.8) is 0 Å². The van der Waals surface area contributed by atoms with Crippen molar-refractivity contribution in [1.82, 2.24) is 4.90 Å². The molecule has 32 heavy (non-hydrogen) atoms. The molecule has 0 unspecified atom stereocenters. The molecular formula is C23H22FN3O4S. The molecule has 0 saturated carbocycles. The number of anilines is 1. The second-order valence-corrected chi connectivity index (χ2v) is 8.22. The van der Waals surface area contributed by atoms with Gasteiger partial charge in [0.2, 0.25) is 5.91 Å². The second kappa shape index (κ2) is 9.01. The van der Waals surface area contributed by atoms with Crippen LogP contribution >= 0.6 is 11.8 Å². The third-order valence-electron chi connectivity index (χ3n) is 5.60. The van der Waals surface area contributed by atoms with Crippen molar-refractivity contribution in [3.05, 3.63) is 58.4 Å². The summed E-state index contributed by atoms with van der Waals surface area (Å²) in [6.45, 7) is 0.299. The Hall–Kier alpha value is -3.38. The van der Waals surface area contributed by atoms with Gasteiger partial charge in [0.25, 0.3) is 0 Å². The van der Waals surface area contributed by atoms with E-state index in [4.69, 9.17) is 14.2 Å². The number of hydrogen-bond acceptors (Lipinski definition) is 7. The lowest BCUT2D eigenvalue weighted by Gasteiger charge is -2.42. The molecule has 2 aromatic carbocycles. The van der Waals surface area contributed by atoms with Gasteiger partial charge in [-0.15, -0.1) is 0 Å². The molecule has 0 N–H and O–H groups in total. The van der Waals surface area contributed by atoms with Gasteiger partial charge >= 0.3 is 0 Å². The number of halogens is 1. The topological polar surface area (TPSA) is 75.0 Å². The lowest BCUT2D eigenvalue weighted by molar-refractivity contribution is -0.129. The maximum Gasteiger partial charge on any atom is 0.229 e. The number of benzene rings is 2. The summed E-state index contributed by atoms with van der Waals surface area (Å²) >= 11 is 1.42. The summed E-state index contributed by atoms with van der Waals surface area (Å²) < 4.78 is 29.6. The molecule has 2 heterocycles. The Kier molecular flexibility index (Phi) is 6.15. The van der Waals surface area contributed by atoms with Crippen molar-refractivity contribution in [3.8, 4) is 23.3 Å². The van der Waals surface area contributed by atoms with Crippen LogP contribution < -0.4 is 19.1 Å². The molecule has 1 fully saturated rings. The van der Waals surface area contributed by atoms with Crippen LogP contribution in [0.2, 0.25) is 0 Å². The number of ether oxygens (including phenoxy) is 3.